The van der Waals surface area contributed by atoms with Crippen LogP contribution in [0.4, 0.5) is 4.39 Å². The second kappa shape index (κ2) is 38.1. The van der Waals surface area contributed by atoms with Crippen molar-refractivity contribution in [3.8, 4) is 102 Å². The molecule has 0 aliphatic carbocycles. The number of benzene rings is 13. The van der Waals surface area contributed by atoms with Gasteiger partial charge in [-0.15, -0.1) is 11.3 Å². The molecule has 13 aromatic carbocycles. The number of nitrogens with zero attached hydrogens (tertiary/aromatic N) is 8. The fourth-order valence-corrected chi connectivity index (χ4v) is 20.5. The van der Waals surface area contributed by atoms with Crippen molar-refractivity contribution in [2.24, 2.45) is 28.2 Å². The first-order chi connectivity index (χ1) is 62.6. The molecular weight excluding hydrogens is 1610 g/mol. The molecule has 0 aliphatic heterocycles. The highest BCUT2D eigenvalue weighted by atomic mass is 32.1. The van der Waals surface area contributed by atoms with Crippen LogP contribution in [-0.4, -0.2) is 18.3 Å². The molecule has 6 heterocycles. The molecule has 0 radical (unpaired) electrons. The van der Waals surface area contributed by atoms with Gasteiger partial charge in [-0.1, -0.05) is 279 Å². The van der Waals surface area contributed by atoms with Gasteiger partial charge in [-0.25, -0.2) is 22.7 Å². The van der Waals surface area contributed by atoms with Crippen LogP contribution in [0.1, 0.15) is 200 Å². The van der Waals surface area contributed by atoms with Gasteiger partial charge in [-0.05, 0) is 204 Å². The second-order valence-electron chi connectivity index (χ2n) is 37.4. The van der Waals surface area contributed by atoms with E-state index >= 15 is 0 Å². The van der Waals surface area contributed by atoms with E-state index in [4.69, 9.17) is 4.42 Å². The van der Waals surface area contributed by atoms with E-state index in [0.717, 1.165) is 33.8 Å². The molecule has 9 nitrogen and oxygen atoms in total. The summed E-state index contributed by atoms with van der Waals surface area (Å²) in [6, 6.07) is 94.3. The zero-order valence-corrected chi connectivity index (χ0v) is 80.7. The average Bonchev–Trinajstić information content (AvgIpc) is 1.58. The molecule has 0 spiro atoms. The molecule has 11 heteroatoms. The summed E-state index contributed by atoms with van der Waals surface area (Å²) in [7, 11) is 8.46. The van der Waals surface area contributed by atoms with Crippen molar-refractivity contribution in [2.45, 2.75) is 166 Å². The second-order valence-corrected chi connectivity index (χ2v) is 38.4. The third-order valence-electron chi connectivity index (χ3n) is 25.9. The lowest BCUT2D eigenvalue weighted by molar-refractivity contribution is -0.659. The summed E-state index contributed by atoms with van der Waals surface area (Å²) in [5.74, 6) is 7.14. The van der Waals surface area contributed by atoms with Crippen molar-refractivity contribution in [3.05, 3.63) is 384 Å². The minimum Gasteiger partial charge on any atom is -0.456 e. The minimum atomic E-state index is -0.219. The van der Waals surface area contributed by atoms with Crippen LogP contribution in [0.3, 0.4) is 0 Å². The van der Waals surface area contributed by atoms with Crippen molar-refractivity contribution in [1.82, 2.24) is 18.3 Å². The molecule has 0 fully saturated rings. The van der Waals surface area contributed by atoms with Crippen molar-refractivity contribution < 1.29 is 27.1 Å². The zero-order valence-electron chi connectivity index (χ0n) is 79.8. The lowest BCUT2D eigenvalue weighted by Gasteiger charge is -2.20. The quantitative estimate of drug-likeness (QED) is 0.0790. The maximum absolute atomic E-state index is 14.0. The number of imidazole rings is 4. The molecule has 6 aromatic heterocycles. The lowest BCUT2D eigenvalue weighted by Crippen LogP contribution is -2.29. The van der Waals surface area contributed by atoms with E-state index in [-0.39, 0.29) is 5.82 Å². The molecule has 0 N–H and O–H groups in total. The van der Waals surface area contributed by atoms with Gasteiger partial charge >= 0.3 is 0 Å². The zero-order chi connectivity index (χ0) is 91.8. The molecule has 0 amide bonds. The van der Waals surface area contributed by atoms with Gasteiger partial charge in [0.15, 0.2) is 0 Å². The van der Waals surface area contributed by atoms with E-state index in [1.54, 1.807) is 6.07 Å². The van der Waals surface area contributed by atoms with Crippen LogP contribution in [-0.2, 0) is 28.2 Å². The van der Waals surface area contributed by atoms with Gasteiger partial charge in [-0.3, -0.25) is 0 Å². The average molecular weight is 1730 g/mol. The summed E-state index contributed by atoms with van der Waals surface area (Å²) in [6.07, 6.45) is 17.3. The molecule has 0 aliphatic rings. The van der Waals surface area contributed by atoms with Gasteiger partial charge in [-0.2, -0.15) is 18.3 Å². The summed E-state index contributed by atoms with van der Waals surface area (Å²) in [4.78, 5) is 0. The number of furan rings is 1. The first-order valence-corrected chi connectivity index (χ1v) is 47.1. The SMILES string of the molecule is Cc1cc(F)ccc1-c1n(-c2c(-c3ccccc3)cc(C(C)C)cc2-c2ccccc2)cc[n+]1C.Cc1ccccc1-c1n(-c2c(C(C)C)cc(-c3ccccc3)cc2C(C)C)cc[n+]1C.Cc1ccccc1-c1n(-c2c(C(C)C)cc3c(oc4ccccc43)c2C(C)C)cc[n+]1C.Cc1ccccc1-c1n(-c2c(C(C)C)cc3c(sc4ccccc43)c2C(C)C)cc[n+]1C. The minimum absolute atomic E-state index is 0.219. The predicted molar refractivity (Wildman–Crippen MR) is 544 cm³/mol. The van der Waals surface area contributed by atoms with Crippen molar-refractivity contribution in [2.75, 3.05) is 0 Å². The molecule has 0 unspecified atom stereocenters. The summed E-state index contributed by atoms with van der Waals surface area (Å²) >= 11 is 1.94. The molecule has 0 saturated heterocycles. The third-order valence-corrected chi connectivity index (χ3v) is 27.1. The maximum atomic E-state index is 14.0. The van der Waals surface area contributed by atoms with E-state index in [2.05, 4.69) is 468 Å². The van der Waals surface area contributed by atoms with Crippen molar-refractivity contribution in [1.29, 1.82) is 0 Å². The molecular formula is C119H125FN8OS+4. The summed E-state index contributed by atoms with van der Waals surface area (Å²) in [5.41, 5.74) is 33.4. The monoisotopic (exact) mass is 1730 g/mol. The maximum Gasteiger partial charge on any atom is 0.294 e. The van der Waals surface area contributed by atoms with E-state index in [0.29, 0.717) is 41.4 Å². The number of halogens is 1. The first kappa shape index (κ1) is 90.0. The number of para-hydroxylation sites is 1. The fourth-order valence-electron chi connectivity index (χ4n) is 19.1. The number of fused-ring (bicyclic) bond motifs is 6. The number of hydrogen-bond donors (Lipinski definition) is 0. The van der Waals surface area contributed by atoms with Crippen LogP contribution in [0.15, 0.2) is 321 Å². The van der Waals surface area contributed by atoms with Gasteiger partial charge in [0, 0.05) is 75.5 Å². The van der Waals surface area contributed by atoms with Crippen molar-refractivity contribution >= 4 is 53.4 Å². The highest BCUT2D eigenvalue weighted by Crippen LogP contribution is 2.49. The highest BCUT2D eigenvalue weighted by molar-refractivity contribution is 7.26. The van der Waals surface area contributed by atoms with E-state index < -0.39 is 0 Å². The molecule has 656 valence electrons. The number of thiophene rings is 1. The van der Waals surface area contributed by atoms with Gasteiger partial charge in [0.05, 0.1) is 50.4 Å². The Morgan fingerprint density at radius 2 is 0.646 bits per heavy atom. The molecule has 0 atom stereocenters. The van der Waals surface area contributed by atoms with Gasteiger partial charge < -0.3 is 4.42 Å². The van der Waals surface area contributed by atoms with Crippen LogP contribution in [0.5, 0.6) is 0 Å². The third kappa shape index (κ3) is 17.5. The Hall–Kier alpha value is -13.4. The Balaban J connectivity index is 0.000000127. The number of aromatic nitrogens is 8. The number of aryl methyl sites for hydroxylation is 8. The molecule has 19 aromatic rings. The smallest absolute Gasteiger partial charge is 0.294 e. The normalized spacial score (nSPS) is 11.7. The lowest BCUT2D eigenvalue weighted by atomic mass is 9.88. The van der Waals surface area contributed by atoms with Gasteiger partial charge in [0.2, 0.25) is 0 Å². The van der Waals surface area contributed by atoms with Gasteiger partial charge in [0.1, 0.15) is 89.3 Å². The van der Waals surface area contributed by atoms with Crippen LogP contribution >= 0.6 is 11.3 Å². The Morgan fingerprint density at radius 1 is 0.285 bits per heavy atom. The first-order valence-electron chi connectivity index (χ1n) is 46.3. The molecule has 0 bridgehead atoms. The Morgan fingerprint density at radius 3 is 1.07 bits per heavy atom. The standard InChI is InChI=1S/C32H30FN2.C29H31N2O.C29H31N2S.C29H33N2/c1-22(2)26-20-29(24-11-7-5-8-12-24)31(30(21-26)25-13-9-6-10-14-25)35-18-17-34(4)32(35)28-16-15-27(33)19-23(28)3;2*1-18(2)23-17-24-22-13-9-10-14-25(22)32-28(24)26(19(3)4)27(23)31-16-15-30(6)29(31)21-12-8-7-11-20(21)5;1-20(2)26-18-24(23-13-8-7-9-14-23)19-27(21(3)4)28(26)31-17-16-30(6)29(31)25-15-11-10-12-22(25)5/h5-22H,1-4H3;2*7-19H,1-6H3;7-21H,1-6H3/q4*+1. The van der Waals surface area contributed by atoms with Crippen LogP contribution in [0.25, 0.3) is 144 Å². The highest BCUT2D eigenvalue weighted by Gasteiger charge is 2.35. The van der Waals surface area contributed by atoms with Gasteiger partial charge in [0.25, 0.3) is 23.3 Å². The Labute approximate surface area is 773 Å². The topological polar surface area (TPSA) is 48.4 Å². The van der Waals surface area contributed by atoms with E-state index in [9.17, 15) is 4.39 Å². The summed E-state index contributed by atoms with van der Waals surface area (Å²) in [5, 5.41) is 5.18. The molecule has 0 saturated carbocycles. The van der Waals surface area contributed by atoms with Crippen LogP contribution in [0, 0.1) is 33.5 Å². The fraction of sp³-hybridized carbons (Fsp3) is 0.244. The van der Waals surface area contributed by atoms with Crippen LogP contribution in [0.2, 0.25) is 0 Å². The Kier molecular flexibility index (Phi) is 26.4. The van der Waals surface area contributed by atoms with E-state index in [1.165, 1.54) is 177 Å². The van der Waals surface area contributed by atoms with E-state index in [1.807, 2.05) is 37.4 Å². The number of rotatable bonds is 18. The predicted octanol–water partition coefficient (Wildman–Crippen LogP) is 30.4. The molecule has 19 rings (SSSR count). The summed E-state index contributed by atoms with van der Waals surface area (Å²) < 4.78 is 41.6. The van der Waals surface area contributed by atoms with Crippen molar-refractivity contribution in [3.63, 3.8) is 0 Å². The number of hydrogen-bond acceptors (Lipinski definition) is 2. The molecule has 130 heavy (non-hydrogen) atoms. The summed E-state index contributed by atoms with van der Waals surface area (Å²) in [6.45, 7) is 40.6. The van der Waals surface area contributed by atoms with Crippen LogP contribution < -0.4 is 18.3 Å². The largest absolute Gasteiger partial charge is 0.456 e. The Bertz CT molecular complexity index is 7010.